The molecule has 0 atom stereocenters. The molecule has 5 heteroatoms. The lowest BCUT2D eigenvalue weighted by molar-refractivity contribution is 0.0696. The Bertz CT molecular complexity index is 415. The molecule has 0 saturated heterocycles. The number of carbonyl (C=O) groups is 2. The van der Waals surface area contributed by atoms with Crippen LogP contribution < -0.4 is 0 Å². The van der Waals surface area contributed by atoms with Gasteiger partial charge in [0.2, 0.25) is 0 Å². The third kappa shape index (κ3) is 2.56. The van der Waals surface area contributed by atoms with Gasteiger partial charge in [0, 0.05) is 24.1 Å². The van der Waals surface area contributed by atoms with Gasteiger partial charge in [0.05, 0.1) is 5.56 Å². The molecule has 1 amide bonds. The second-order valence-electron chi connectivity index (χ2n) is 3.20. The quantitative estimate of drug-likeness (QED) is 0.893. The highest BCUT2D eigenvalue weighted by molar-refractivity contribution is 9.10. The molecule has 0 fully saturated rings. The van der Waals surface area contributed by atoms with E-state index in [1.165, 1.54) is 11.0 Å². The van der Waals surface area contributed by atoms with Crippen molar-refractivity contribution in [3.63, 3.8) is 0 Å². The highest BCUT2D eigenvalue weighted by Crippen LogP contribution is 2.18. The molecule has 0 bridgehead atoms. The Morgan fingerprint density at radius 3 is 2.40 bits per heavy atom. The summed E-state index contributed by atoms with van der Waals surface area (Å²) in [5, 5.41) is 8.86. The first-order valence-electron chi connectivity index (χ1n) is 4.18. The lowest BCUT2D eigenvalue weighted by Gasteiger charge is -2.10. The van der Waals surface area contributed by atoms with Crippen LogP contribution in [-0.4, -0.2) is 36.0 Å². The van der Waals surface area contributed by atoms with Crippen LogP contribution >= 0.6 is 15.9 Å². The van der Waals surface area contributed by atoms with Crippen molar-refractivity contribution in [1.29, 1.82) is 0 Å². The number of carbonyl (C=O) groups excluding carboxylic acids is 1. The fourth-order valence-corrected chi connectivity index (χ4v) is 1.50. The number of hydrogen-bond donors (Lipinski definition) is 1. The lowest BCUT2D eigenvalue weighted by atomic mass is 10.1. The molecule has 1 N–H and O–H groups in total. The lowest BCUT2D eigenvalue weighted by Crippen LogP contribution is -2.22. The zero-order valence-electron chi connectivity index (χ0n) is 8.32. The molecule has 1 rings (SSSR count). The minimum Gasteiger partial charge on any atom is -0.478 e. The Morgan fingerprint density at radius 1 is 1.33 bits per heavy atom. The molecule has 0 aliphatic carbocycles. The number of rotatable bonds is 2. The van der Waals surface area contributed by atoms with Crippen molar-refractivity contribution in [1.82, 2.24) is 4.90 Å². The molecule has 0 radical (unpaired) electrons. The van der Waals surface area contributed by atoms with Crippen LogP contribution in [0, 0.1) is 0 Å². The Hall–Kier alpha value is -1.36. The maximum Gasteiger partial charge on any atom is 0.336 e. The Labute approximate surface area is 95.6 Å². The molecule has 0 aromatic heterocycles. The summed E-state index contributed by atoms with van der Waals surface area (Å²) in [7, 11) is 3.23. The summed E-state index contributed by atoms with van der Waals surface area (Å²) < 4.78 is 0.463. The summed E-state index contributed by atoms with van der Waals surface area (Å²) in [6.07, 6.45) is 0. The number of nitrogens with zero attached hydrogens (tertiary/aromatic N) is 1. The van der Waals surface area contributed by atoms with Gasteiger partial charge in [-0.1, -0.05) is 0 Å². The van der Waals surface area contributed by atoms with Gasteiger partial charge in [0.1, 0.15) is 0 Å². The number of hydrogen-bond acceptors (Lipinski definition) is 2. The Kier molecular flexibility index (Phi) is 3.47. The smallest absolute Gasteiger partial charge is 0.336 e. The summed E-state index contributed by atoms with van der Waals surface area (Å²) in [4.78, 5) is 23.8. The van der Waals surface area contributed by atoms with Crippen molar-refractivity contribution < 1.29 is 14.7 Å². The highest BCUT2D eigenvalue weighted by Gasteiger charge is 2.13. The van der Waals surface area contributed by atoms with Crippen LogP contribution in [0.4, 0.5) is 0 Å². The van der Waals surface area contributed by atoms with E-state index in [-0.39, 0.29) is 11.5 Å². The standard InChI is InChI=1S/C10H10BrNO3/c1-12(2)9(13)6-3-4-8(11)7(5-6)10(14)15/h3-5H,1-2H3,(H,14,15). The number of benzene rings is 1. The van der Waals surface area contributed by atoms with Gasteiger partial charge in [0.15, 0.2) is 0 Å². The molecule has 4 nitrogen and oxygen atoms in total. The van der Waals surface area contributed by atoms with Crippen LogP contribution in [0.3, 0.4) is 0 Å². The maximum atomic E-state index is 11.5. The minimum absolute atomic E-state index is 0.0858. The SMILES string of the molecule is CN(C)C(=O)c1ccc(Br)c(C(=O)O)c1. The molecule has 0 aliphatic rings. The van der Waals surface area contributed by atoms with E-state index in [0.29, 0.717) is 10.0 Å². The first kappa shape index (κ1) is 11.7. The van der Waals surface area contributed by atoms with Gasteiger partial charge in [-0.2, -0.15) is 0 Å². The molecule has 15 heavy (non-hydrogen) atoms. The van der Waals surface area contributed by atoms with Gasteiger partial charge >= 0.3 is 5.97 Å². The van der Waals surface area contributed by atoms with Gasteiger partial charge < -0.3 is 10.0 Å². The summed E-state index contributed by atoms with van der Waals surface area (Å²) >= 11 is 3.11. The molecule has 0 aliphatic heterocycles. The van der Waals surface area contributed by atoms with Crippen molar-refractivity contribution in [3.05, 3.63) is 33.8 Å². The zero-order valence-corrected chi connectivity index (χ0v) is 9.91. The summed E-state index contributed by atoms with van der Waals surface area (Å²) in [6, 6.07) is 4.49. The predicted octanol–water partition coefficient (Wildman–Crippen LogP) is 1.85. The Balaban J connectivity index is 3.19. The molecule has 0 unspecified atom stereocenters. The van der Waals surface area contributed by atoms with E-state index in [4.69, 9.17) is 5.11 Å². The molecular weight excluding hydrogens is 262 g/mol. The largest absolute Gasteiger partial charge is 0.478 e. The molecule has 0 saturated carbocycles. The van der Waals surface area contributed by atoms with Crippen LogP contribution in [0.25, 0.3) is 0 Å². The van der Waals surface area contributed by atoms with Crippen molar-refractivity contribution in [2.45, 2.75) is 0 Å². The van der Waals surface area contributed by atoms with Crippen molar-refractivity contribution >= 4 is 27.8 Å². The average molecular weight is 272 g/mol. The van der Waals surface area contributed by atoms with Crippen molar-refractivity contribution in [2.24, 2.45) is 0 Å². The number of amides is 1. The van der Waals surface area contributed by atoms with E-state index in [2.05, 4.69) is 15.9 Å². The summed E-state index contributed by atoms with van der Waals surface area (Å²) in [6.45, 7) is 0. The van der Waals surface area contributed by atoms with E-state index in [1.54, 1.807) is 26.2 Å². The van der Waals surface area contributed by atoms with Crippen LogP contribution in [0.15, 0.2) is 22.7 Å². The van der Waals surface area contributed by atoms with Crippen LogP contribution in [-0.2, 0) is 0 Å². The number of aromatic carboxylic acids is 1. The van der Waals surface area contributed by atoms with Gasteiger partial charge in [-0.05, 0) is 34.1 Å². The topological polar surface area (TPSA) is 57.6 Å². The fraction of sp³-hybridized carbons (Fsp3) is 0.200. The second kappa shape index (κ2) is 4.44. The van der Waals surface area contributed by atoms with Gasteiger partial charge in [-0.25, -0.2) is 4.79 Å². The highest BCUT2D eigenvalue weighted by atomic mass is 79.9. The first-order chi connectivity index (χ1) is 6.93. The summed E-state index contributed by atoms with van der Waals surface area (Å²) in [5.74, 6) is -1.28. The minimum atomic E-state index is -1.06. The second-order valence-corrected chi connectivity index (χ2v) is 4.05. The fourth-order valence-electron chi connectivity index (χ4n) is 1.08. The Morgan fingerprint density at radius 2 is 1.93 bits per heavy atom. The predicted molar refractivity (Wildman–Crippen MR) is 59.1 cm³/mol. The van der Waals surface area contributed by atoms with Gasteiger partial charge in [-0.3, -0.25) is 4.79 Å². The third-order valence-corrected chi connectivity index (χ3v) is 2.54. The third-order valence-electron chi connectivity index (χ3n) is 1.85. The van der Waals surface area contributed by atoms with Gasteiger partial charge in [0.25, 0.3) is 5.91 Å². The van der Waals surface area contributed by atoms with E-state index in [1.807, 2.05) is 0 Å². The zero-order chi connectivity index (χ0) is 11.6. The monoisotopic (exact) mass is 271 g/mol. The number of carboxylic acids is 1. The molecule has 0 spiro atoms. The van der Waals surface area contributed by atoms with E-state index < -0.39 is 5.97 Å². The van der Waals surface area contributed by atoms with Crippen molar-refractivity contribution in [2.75, 3.05) is 14.1 Å². The van der Waals surface area contributed by atoms with E-state index in [9.17, 15) is 9.59 Å². The first-order valence-corrected chi connectivity index (χ1v) is 4.97. The molecule has 0 heterocycles. The average Bonchev–Trinajstić information content (AvgIpc) is 2.16. The molecule has 1 aromatic rings. The molecule has 80 valence electrons. The maximum absolute atomic E-state index is 11.5. The van der Waals surface area contributed by atoms with Gasteiger partial charge in [-0.15, -0.1) is 0 Å². The van der Waals surface area contributed by atoms with Crippen molar-refractivity contribution in [3.8, 4) is 0 Å². The summed E-state index contributed by atoms with van der Waals surface area (Å²) in [5.41, 5.74) is 0.448. The molecule has 1 aromatic carbocycles. The molecular formula is C10H10BrNO3. The van der Waals surface area contributed by atoms with Crippen LogP contribution in [0.5, 0.6) is 0 Å². The van der Waals surface area contributed by atoms with Crippen LogP contribution in [0.1, 0.15) is 20.7 Å². The normalized spacial score (nSPS) is 9.80. The number of halogens is 1. The number of carboxylic acid groups (broad SMARTS) is 1. The van der Waals surface area contributed by atoms with E-state index >= 15 is 0 Å². The van der Waals surface area contributed by atoms with Crippen LogP contribution in [0.2, 0.25) is 0 Å². The van der Waals surface area contributed by atoms with E-state index in [0.717, 1.165) is 0 Å².